The summed E-state index contributed by atoms with van der Waals surface area (Å²) in [6, 6.07) is 2.40. The van der Waals surface area contributed by atoms with Gasteiger partial charge in [-0.3, -0.25) is 4.79 Å². The molecule has 0 aromatic carbocycles. The molecule has 1 saturated carbocycles. The van der Waals surface area contributed by atoms with Crippen molar-refractivity contribution < 1.29 is 4.79 Å². The lowest BCUT2D eigenvalue weighted by Crippen LogP contribution is -2.59. The number of carbonyl (C=O) groups excluding carboxylic acids is 1. The second kappa shape index (κ2) is 4.10. The molecule has 4 heteroatoms. The molecular formula is C13H18N2OS. The third-order valence-corrected chi connectivity index (χ3v) is 4.81. The first-order valence-corrected chi connectivity index (χ1v) is 7.27. The third-order valence-electron chi connectivity index (χ3n) is 4.11. The van der Waals surface area contributed by atoms with Gasteiger partial charge in [0.05, 0.1) is 11.6 Å². The monoisotopic (exact) mass is 250 g/mol. The Morgan fingerprint density at radius 1 is 1.47 bits per heavy atom. The van der Waals surface area contributed by atoms with Crippen LogP contribution < -0.4 is 5.73 Å². The molecule has 1 atom stereocenters. The van der Waals surface area contributed by atoms with E-state index in [2.05, 4.69) is 16.8 Å². The normalized spacial score (nSPS) is 26.9. The van der Waals surface area contributed by atoms with Gasteiger partial charge in [-0.1, -0.05) is 0 Å². The van der Waals surface area contributed by atoms with Crippen molar-refractivity contribution in [1.82, 2.24) is 4.90 Å². The van der Waals surface area contributed by atoms with Crippen molar-refractivity contribution in [2.75, 3.05) is 6.54 Å². The van der Waals surface area contributed by atoms with Gasteiger partial charge >= 0.3 is 0 Å². The highest BCUT2D eigenvalue weighted by molar-refractivity contribution is 7.07. The van der Waals surface area contributed by atoms with Crippen LogP contribution in [0.1, 0.15) is 43.7 Å². The average molecular weight is 250 g/mol. The first-order chi connectivity index (χ1) is 8.21. The van der Waals surface area contributed by atoms with Gasteiger partial charge in [0.2, 0.25) is 5.91 Å². The van der Waals surface area contributed by atoms with Crippen molar-refractivity contribution in [1.29, 1.82) is 0 Å². The molecule has 3 nitrogen and oxygen atoms in total. The quantitative estimate of drug-likeness (QED) is 0.875. The van der Waals surface area contributed by atoms with E-state index in [4.69, 9.17) is 5.73 Å². The largest absolute Gasteiger partial charge is 0.334 e. The summed E-state index contributed by atoms with van der Waals surface area (Å²) in [5.41, 5.74) is 6.89. The zero-order valence-electron chi connectivity index (χ0n) is 9.89. The van der Waals surface area contributed by atoms with Crippen LogP contribution in [0.15, 0.2) is 16.8 Å². The summed E-state index contributed by atoms with van der Waals surface area (Å²) in [5.74, 6) is 0.178. The highest BCUT2D eigenvalue weighted by Crippen LogP contribution is 2.38. The molecule has 0 spiro atoms. The van der Waals surface area contributed by atoms with E-state index in [1.807, 2.05) is 4.90 Å². The minimum absolute atomic E-state index is 0.178. The van der Waals surface area contributed by atoms with Crippen LogP contribution in [0.25, 0.3) is 0 Å². The lowest BCUT2D eigenvalue weighted by Gasteiger charge is -2.41. The molecule has 1 saturated heterocycles. The van der Waals surface area contributed by atoms with Crippen LogP contribution in [0, 0.1) is 0 Å². The Kier molecular flexibility index (Phi) is 2.71. The van der Waals surface area contributed by atoms with E-state index in [1.165, 1.54) is 5.56 Å². The first kappa shape index (κ1) is 11.2. The summed E-state index contributed by atoms with van der Waals surface area (Å²) in [5, 5.41) is 4.23. The molecule has 92 valence electrons. The summed E-state index contributed by atoms with van der Waals surface area (Å²) in [7, 11) is 0. The molecule has 1 unspecified atom stereocenters. The molecule has 2 heterocycles. The molecule has 3 rings (SSSR count). The lowest BCUT2D eigenvalue weighted by molar-refractivity contribution is -0.141. The van der Waals surface area contributed by atoms with Crippen molar-refractivity contribution in [3.05, 3.63) is 22.4 Å². The van der Waals surface area contributed by atoms with E-state index < -0.39 is 5.54 Å². The van der Waals surface area contributed by atoms with E-state index in [0.717, 1.165) is 38.6 Å². The molecule has 1 amide bonds. The minimum atomic E-state index is -0.543. The standard InChI is InChI=1S/C13H18N2OS/c14-13(5-2-6-13)12(16)15-7-1-3-11(15)10-4-8-17-9-10/h4,8-9,11H,1-3,5-7,14H2. The van der Waals surface area contributed by atoms with E-state index in [9.17, 15) is 4.79 Å². The highest BCUT2D eigenvalue weighted by Gasteiger charge is 2.45. The molecule has 1 aliphatic heterocycles. The molecular weight excluding hydrogens is 232 g/mol. The number of hydrogen-bond donors (Lipinski definition) is 1. The SMILES string of the molecule is NC1(C(=O)N2CCCC2c2ccsc2)CCC1. The second-order valence-electron chi connectivity index (χ2n) is 5.22. The number of hydrogen-bond acceptors (Lipinski definition) is 3. The highest BCUT2D eigenvalue weighted by atomic mass is 32.1. The molecule has 0 radical (unpaired) electrons. The Bertz CT molecular complexity index is 411. The van der Waals surface area contributed by atoms with Gasteiger partial charge in [0.15, 0.2) is 0 Å². The molecule has 0 bridgehead atoms. The van der Waals surface area contributed by atoms with E-state index >= 15 is 0 Å². The van der Waals surface area contributed by atoms with Crippen molar-refractivity contribution >= 4 is 17.2 Å². The molecule has 1 aromatic rings. The maximum absolute atomic E-state index is 12.5. The summed E-state index contributed by atoms with van der Waals surface area (Å²) in [6.45, 7) is 0.873. The van der Waals surface area contributed by atoms with Gasteiger partial charge in [0.25, 0.3) is 0 Å². The summed E-state index contributed by atoms with van der Waals surface area (Å²) in [6.07, 6.45) is 5.00. The van der Waals surface area contributed by atoms with Crippen molar-refractivity contribution in [2.24, 2.45) is 5.73 Å². The van der Waals surface area contributed by atoms with Gasteiger partial charge in [0, 0.05) is 6.54 Å². The van der Waals surface area contributed by atoms with Crippen LogP contribution in [0.3, 0.4) is 0 Å². The van der Waals surface area contributed by atoms with Crippen LogP contribution in [-0.2, 0) is 4.79 Å². The van der Waals surface area contributed by atoms with E-state index in [-0.39, 0.29) is 11.9 Å². The Morgan fingerprint density at radius 2 is 2.29 bits per heavy atom. The van der Waals surface area contributed by atoms with Gasteiger partial charge in [0.1, 0.15) is 0 Å². The Morgan fingerprint density at radius 3 is 2.88 bits per heavy atom. The number of nitrogens with zero attached hydrogens (tertiary/aromatic N) is 1. The van der Waals surface area contributed by atoms with Crippen molar-refractivity contribution in [2.45, 2.75) is 43.7 Å². The van der Waals surface area contributed by atoms with Crippen LogP contribution >= 0.6 is 11.3 Å². The van der Waals surface area contributed by atoms with Crippen LogP contribution in [0.2, 0.25) is 0 Å². The molecule has 2 N–H and O–H groups in total. The maximum Gasteiger partial charge on any atom is 0.243 e. The minimum Gasteiger partial charge on any atom is -0.334 e. The summed E-state index contributed by atoms with van der Waals surface area (Å²) >= 11 is 1.70. The molecule has 17 heavy (non-hydrogen) atoms. The van der Waals surface area contributed by atoms with Crippen LogP contribution in [0.4, 0.5) is 0 Å². The molecule has 1 aliphatic carbocycles. The fraction of sp³-hybridized carbons (Fsp3) is 0.615. The lowest BCUT2D eigenvalue weighted by atomic mass is 9.76. The summed E-state index contributed by atoms with van der Waals surface area (Å²) < 4.78 is 0. The van der Waals surface area contributed by atoms with Gasteiger partial charge < -0.3 is 10.6 Å². The number of nitrogens with two attached hydrogens (primary N) is 1. The number of rotatable bonds is 2. The van der Waals surface area contributed by atoms with E-state index in [0.29, 0.717) is 0 Å². The molecule has 1 aromatic heterocycles. The first-order valence-electron chi connectivity index (χ1n) is 6.33. The van der Waals surface area contributed by atoms with Gasteiger partial charge in [-0.15, -0.1) is 0 Å². The second-order valence-corrected chi connectivity index (χ2v) is 6.00. The number of thiophene rings is 1. The Hall–Kier alpha value is -0.870. The number of carbonyl (C=O) groups is 1. The van der Waals surface area contributed by atoms with Gasteiger partial charge in [-0.2, -0.15) is 11.3 Å². The zero-order valence-corrected chi connectivity index (χ0v) is 10.7. The molecule has 2 aliphatic rings. The average Bonchev–Trinajstić information content (AvgIpc) is 2.93. The number of amides is 1. The van der Waals surface area contributed by atoms with Crippen molar-refractivity contribution in [3.63, 3.8) is 0 Å². The number of likely N-dealkylation sites (tertiary alicyclic amines) is 1. The topological polar surface area (TPSA) is 46.3 Å². The van der Waals surface area contributed by atoms with Gasteiger partial charge in [-0.05, 0) is 54.5 Å². The van der Waals surface area contributed by atoms with Crippen molar-refractivity contribution in [3.8, 4) is 0 Å². The predicted molar refractivity (Wildman–Crippen MR) is 68.8 cm³/mol. The third kappa shape index (κ3) is 1.79. The summed E-state index contributed by atoms with van der Waals surface area (Å²) in [4.78, 5) is 14.5. The van der Waals surface area contributed by atoms with Crippen LogP contribution in [0.5, 0.6) is 0 Å². The molecule has 2 fully saturated rings. The van der Waals surface area contributed by atoms with E-state index in [1.54, 1.807) is 11.3 Å². The smallest absolute Gasteiger partial charge is 0.243 e. The Balaban J connectivity index is 1.80. The Labute approximate surface area is 106 Å². The van der Waals surface area contributed by atoms with Gasteiger partial charge in [-0.25, -0.2) is 0 Å². The zero-order chi connectivity index (χ0) is 11.9. The maximum atomic E-state index is 12.5. The van der Waals surface area contributed by atoms with Crippen LogP contribution in [-0.4, -0.2) is 22.9 Å². The predicted octanol–water partition coefficient (Wildman–Crippen LogP) is 2.29. The fourth-order valence-electron chi connectivity index (χ4n) is 2.88. The fourth-order valence-corrected chi connectivity index (χ4v) is 3.59.